The van der Waals surface area contributed by atoms with Gasteiger partial charge in [-0.1, -0.05) is 50.3 Å². The highest BCUT2D eigenvalue weighted by molar-refractivity contribution is 6.20. The monoisotopic (exact) mass is 277 g/mol. The Morgan fingerprint density at radius 2 is 1.89 bits per heavy atom. The molecule has 0 bridgehead atoms. The number of nitrogens with zero attached hydrogens (tertiary/aromatic N) is 3. The number of hydrogen-bond donors (Lipinski definition) is 0. The third kappa shape index (κ3) is 3.57. The highest BCUT2D eigenvalue weighted by Crippen LogP contribution is 2.21. The molecule has 0 N–H and O–H groups in total. The Bertz CT molecular complexity index is 516. The van der Waals surface area contributed by atoms with Crippen LogP contribution in [0.5, 0.6) is 0 Å². The Morgan fingerprint density at radius 3 is 2.47 bits per heavy atom. The van der Waals surface area contributed by atoms with Gasteiger partial charge in [0.15, 0.2) is 0 Å². The second kappa shape index (κ2) is 6.20. The van der Waals surface area contributed by atoms with Crippen LogP contribution in [0, 0.1) is 0 Å². The third-order valence-corrected chi connectivity index (χ3v) is 3.76. The average Bonchev–Trinajstić information content (AvgIpc) is 2.87. The summed E-state index contributed by atoms with van der Waals surface area (Å²) < 4.78 is 1.84. The van der Waals surface area contributed by atoms with E-state index in [1.165, 1.54) is 11.1 Å². The Morgan fingerprint density at radius 1 is 1.21 bits per heavy atom. The smallest absolute Gasteiger partial charge is 0.101 e. The minimum absolute atomic E-state index is 0.0444. The van der Waals surface area contributed by atoms with Gasteiger partial charge in [-0.2, -0.15) is 0 Å². The van der Waals surface area contributed by atoms with Crippen LogP contribution in [0.1, 0.15) is 55.3 Å². The van der Waals surface area contributed by atoms with Crippen LogP contribution in [0.25, 0.3) is 0 Å². The number of hydrogen-bond acceptors (Lipinski definition) is 2. The van der Waals surface area contributed by atoms with E-state index in [1.54, 1.807) is 0 Å². The minimum Gasteiger partial charge on any atom is -0.248 e. The molecule has 0 radical (unpaired) electrons. The second-order valence-corrected chi connectivity index (χ2v) is 5.64. The average molecular weight is 278 g/mol. The number of aromatic nitrogens is 3. The lowest BCUT2D eigenvalue weighted by Gasteiger charge is -2.06. The Hall–Kier alpha value is -1.35. The van der Waals surface area contributed by atoms with E-state index >= 15 is 0 Å². The summed E-state index contributed by atoms with van der Waals surface area (Å²) in [7, 11) is 0. The summed E-state index contributed by atoms with van der Waals surface area (Å²) in [4.78, 5) is 0. The molecule has 0 amide bonds. The van der Waals surface area contributed by atoms with Crippen molar-refractivity contribution in [2.75, 3.05) is 0 Å². The molecule has 1 unspecified atom stereocenters. The summed E-state index contributed by atoms with van der Waals surface area (Å²) in [5, 5.41) is 8.19. The number of rotatable bonds is 5. The van der Waals surface area contributed by atoms with Crippen molar-refractivity contribution >= 4 is 11.6 Å². The Kier molecular flexibility index (Phi) is 4.59. The fourth-order valence-electron chi connectivity index (χ4n) is 1.94. The maximum absolute atomic E-state index is 6.15. The SMILES string of the molecule is CCC(Cl)c1cn(Cc2ccc(C(C)C)cc2)nn1. The van der Waals surface area contributed by atoms with Crippen LogP contribution in [0.15, 0.2) is 30.5 Å². The van der Waals surface area contributed by atoms with Crippen LogP contribution in [0.3, 0.4) is 0 Å². The first-order chi connectivity index (χ1) is 9.10. The van der Waals surface area contributed by atoms with Gasteiger partial charge in [-0.15, -0.1) is 16.7 Å². The third-order valence-electron chi connectivity index (χ3n) is 3.23. The maximum Gasteiger partial charge on any atom is 0.101 e. The highest BCUT2D eigenvalue weighted by atomic mass is 35.5. The first kappa shape index (κ1) is 14.1. The van der Waals surface area contributed by atoms with E-state index in [4.69, 9.17) is 11.6 Å². The first-order valence-electron chi connectivity index (χ1n) is 6.73. The summed E-state index contributed by atoms with van der Waals surface area (Å²) in [5.41, 5.74) is 3.43. The lowest BCUT2D eigenvalue weighted by Crippen LogP contribution is -2.00. The molecule has 2 rings (SSSR count). The molecule has 0 spiro atoms. The maximum atomic E-state index is 6.15. The summed E-state index contributed by atoms with van der Waals surface area (Å²) in [5.74, 6) is 0.564. The fraction of sp³-hybridized carbons (Fsp3) is 0.467. The van der Waals surface area contributed by atoms with Crippen LogP contribution in [0.2, 0.25) is 0 Å². The molecule has 0 aliphatic heterocycles. The van der Waals surface area contributed by atoms with E-state index in [1.807, 2.05) is 17.8 Å². The summed E-state index contributed by atoms with van der Waals surface area (Å²) in [6.07, 6.45) is 2.79. The molecule has 1 atom stereocenters. The molecule has 3 nitrogen and oxygen atoms in total. The molecule has 0 saturated heterocycles. The van der Waals surface area contributed by atoms with Gasteiger partial charge in [-0.25, -0.2) is 4.68 Å². The predicted octanol–water partition coefficient (Wildman–Crippen LogP) is 4.14. The van der Waals surface area contributed by atoms with Gasteiger partial charge in [0.05, 0.1) is 18.1 Å². The molecule has 0 aliphatic rings. The van der Waals surface area contributed by atoms with Gasteiger partial charge in [0.1, 0.15) is 5.69 Å². The van der Waals surface area contributed by atoms with Gasteiger partial charge in [0.2, 0.25) is 0 Å². The largest absolute Gasteiger partial charge is 0.248 e. The van der Waals surface area contributed by atoms with Crippen LogP contribution in [0.4, 0.5) is 0 Å². The van der Waals surface area contributed by atoms with Crippen molar-refractivity contribution in [1.29, 1.82) is 0 Å². The van der Waals surface area contributed by atoms with Gasteiger partial charge >= 0.3 is 0 Å². The van der Waals surface area contributed by atoms with Crippen LogP contribution < -0.4 is 0 Å². The quantitative estimate of drug-likeness (QED) is 0.769. The van der Waals surface area contributed by atoms with Crippen molar-refractivity contribution in [1.82, 2.24) is 15.0 Å². The fourth-order valence-corrected chi connectivity index (χ4v) is 2.04. The number of halogens is 1. The highest BCUT2D eigenvalue weighted by Gasteiger charge is 2.10. The van der Waals surface area contributed by atoms with Gasteiger partial charge in [0, 0.05) is 0 Å². The molecular formula is C15H20ClN3. The van der Waals surface area contributed by atoms with Crippen LogP contribution >= 0.6 is 11.6 Å². The summed E-state index contributed by atoms with van der Waals surface area (Å²) in [6, 6.07) is 8.64. The molecule has 2 aromatic rings. The van der Waals surface area contributed by atoms with E-state index in [2.05, 4.69) is 48.4 Å². The summed E-state index contributed by atoms with van der Waals surface area (Å²) in [6.45, 7) is 7.17. The van der Waals surface area contributed by atoms with Gasteiger partial charge in [-0.3, -0.25) is 0 Å². The molecule has 102 valence electrons. The topological polar surface area (TPSA) is 30.7 Å². The van der Waals surface area contributed by atoms with Crippen LogP contribution in [-0.4, -0.2) is 15.0 Å². The molecule has 0 saturated carbocycles. The lowest BCUT2D eigenvalue weighted by molar-refractivity contribution is 0.648. The van der Waals surface area contributed by atoms with Crippen molar-refractivity contribution in [3.8, 4) is 0 Å². The first-order valence-corrected chi connectivity index (χ1v) is 7.16. The predicted molar refractivity (Wildman–Crippen MR) is 78.5 cm³/mol. The Labute approximate surface area is 119 Å². The number of alkyl halides is 1. The lowest BCUT2D eigenvalue weighted by atomic mass is 10.0. The van der Waals surface area contributed by atoms with Gasteiger partial charge < -0.3 is 0 Å². The Balaban J connectivity index is 2.06. The van der Waals surface area contributed by atoms with Crippen molar-refractivity contribution in [2.45, 2.75) is 45.0 Å². The minimum atomic E-state index is -0.0444. The molecule has 0 aliphatic carbocycles. The zero-order valence-electron chi connectivity index (χ0n) is 11.7. The molecule has 19 heavy (non-hydrogen) atoms. The van der Waals surface area contributed by atoms with Crippen molar-refractivity contribution < 1.29 is 0 Å². The van der Waals surface area contributed by atoms with E-state index in [-0.39, 0.29) is 5.38 Å². The van der Waals surface area contributed by atoms with Crippen LogP contribution in [-0.2, 0) is 6.54 Å². The van der Waals surface area contributed by atoms with E-state index in [0.717, 1.165) is 18.7 Å². The molecular weight excluding hydrogens is 258 g/mol. The number of benzene rings is 1. The molecule has 1 aromatic carbocycles. The molecule has 1 aromatic heterocycles. The summed E-state index contributed by atoms with van der Waals surface area (Å²) >= 11 is 6.15. The second-order valence-electron chi connectivity index (χ2n) is 5.11. The van der Waals surface area contributed by atoms with Crippen molar-refractivity contribution in [3.63, 3.8) is 0 Å². The van der Waals surface area contributed by atoms with E-state index < -0.39 is 0 Å². The molecule has 1 heterocycles. The molecule has 0 fully saturated rings. The van der Waals surface area contributed by atoms with Gasteiger partial charge in [0.25, 0.3) is 0 Å². The normalized spacial score (nSPS) is 12.9. The van der Waals surface area contributed by atoms with E-state index in [0.29, 0.717) is 5.92 Å². The standard InChI is InChI=1S/C15H20ClN3/c1-4-14(16)15-10-19(18-17-15)9-12-5-7-13(8-6-12)11(2)3/h5-8,10-11,14H,4,9H2,1-3H3. The zero-order chi connectivity index (χ0) is 13.8. The zero-order valence-corrected chi connectivity index (χ0v) is 12.4. The van der Waals surface area contributed by atoms with Gasteiger partial charge in [-0.05, 0) is 23.5 Å². The molecule has 4 heteroatoms. The van der Waals surface area contributed by atoms with E-state index in [9.17, 15) is 0 Å². The van der Waals surface area contributed by atoms with Crippen molar-refractivity contribution in [2.24, 2.45) is 0 Å². The van der Waals surface area contributed by atoms with Crippen molar-refractivity contribution in [3.05, 3.63) is 47.3 Å².